The summed E-state index contributed by atoms with van der Waals surface area (Å²) in [5.41, 5.74) is 0.560. The molecule has 0 saturated heterocycles. The number of nitrogens with zero attached hydrogens (tertiary/aromatic N) is 4. The molecule has 35 heavy (non-hydrogen) atoms. The van der Waals surface area contributed by atoms with Crippen molar-refractivity contribution >= 4 is 55.0 Å². The van der Waals surface area contributed by atoms with E-state index in [0.29, 0.717) is 11.6 Å². The predicted octanol–water partition coefficient (Wildman–Crippen LogP) is 3.92. The van der Waals surface area contributed by atoms with Crippen LogP contribution in [0.5, 0.6) is 0 Å². The highest BCUT2D eigenvalue weighted by Crippen LogP contribution is 2.49. The van der Waals surface area contributed by atoms with Crippen molar-refractivity contribution in [1.82, 2.24) is 19.9 Å². The van der Waals surface area contributed by atoms with Gasteiger partial charge in [0.1, 0.15) is 23.5 Å². The maximum atomic E-state index is 13.9. The van der Waals surface area contributed by atoms with E-state index in [1.54, 1.807) is 45.2 Å². The van der Waals surface area contributed by atoms with Crippen molar-refractivity contribution in [2.75, 3.05) is 0 Å². The maximum absolute atomic E-state index is 13.9. The monoisotopic (exact) mass is 724 g/mol. The van der Waals surface area contributed by atoms with E-state index in [1.165, 1.54) is 50.8 Å². The Bertz CT molecular complexity index is 1330. The van der Waals surface area contributed by atoms with Gasteiger partial charge in [0.25, 0.3) is 0 Å². The average Bonchev–Trinajstić information content (AvgIpc) is 3.50. The van der Waals surface area contributed by atoms with E-state index in [4.69, 9.17) is 0 Å². The van der Waals surface area contributed by atoms with Crippen LogP contribution in [-0.2, 0) is 9.84 Å². The van der Waals surface area contributed by atoms with Crippen molar-refractivity contribution in [1.29, 1.82) is 0 Å². The van der Waals surface area contributed by atoms with Crippen LogP contribution in [0.25, 0.3) is 0 Å². The first-order valence-electron chi connectivity index (χ1n) is 10.1. The van der Waals surface area contributed by atoms with Gasteiger partial charge in [-0.3, -0.25) is 20.2 Å². The fraction of sp³-hybridized carbons (Fsp3) is 0.300. The molecule has 2 aliphatic rings. The Labute approximate surface area is 226 Å². The highest BCUT2D eigenvalue weighted by Gasteiger charge is 2.54. The molecule has 0 aromatic carbocycles. The summed E-state index contributed by atoms with van der Waals surface area (Å²) in [5, 5.41) is 24.3. The number of imidazole rings is 2. The molecule has 4 rings (SSSR count). The van der Waals surface area contributed by atoms with Crippen molar-refractivity contribution in [3.63, 3.8) is 0 Å². The van der Waals surface area contributed by atoms with Crippen LogP contribution in [0.15, 0.2) is 70.0 Å². The third kappa shape index (κ3) is 4.15. The van der Waals surface area contributed by atoms with Gasteiger partial charge in [-0.15, -0.1) is 0 Å². The van der Waals surface area contributed by atoms with Crippen LogP contribution in [0.2, 0.25) is 0 Å². The summed E-state index contributed by atoms with van der Waals surface area (Å²) in [7, 11) is -4.37. The van der Waals surface area contributed by atoms with E-state index >= 15 is 0 Å². The number of nitrogens with one attached hydrogen (secondary N) is 2. The lowest BCUT2D eigenvalue weighted by molar-refractivity contribution is -0.520. The van der Waals surface area contributed by atoms with E-state index in [0.717, 1.165) is 12.2 Å². The van der Waals surface area contributed by atoms with E-state index < -0.39 is 38.6 Å². The van der Waals surface area contributed by atoms with Crippen LogP contribution in [0.1, 0.15) is 37.3 Å². The number of halogens is 2. The Kier molecular flexibility index (Phi) is 6.54. The number of nitro groups is 2. The second-order valence-electron chi connectivity index (χ2n) is 8.09. The van der Waals surface area contributed by atoms with Crippen molar-refractivity contribution < 1.29 is 18.3 Å². The smallest absolute Gasteiger partial charge is 0.302 e. The molecule has 2 aromatic heterocycles. The standard InChI is InChI=1S/C20H18I2N6O6S/c1-11-7-13(17-23-3-4-24-17)19(21,27(29)30)9-15(11)35(33,34)16-10-20(22,28(31)32)14(8-12(16)2)18-25-5-6-26-18/h3-10,13-14H,1-2H3,(H,23,24)(H,25,26)/t13-,14-,19-,20-/m1/s1. The lowest BCUT2D eigenvalue weighted by Gasteiger charge is -2.31. The molecule has 0 spiro atoms. The van der Waals surface area contributed by atoms with E-state index in [-0.39, 0.29) is 21.0 Å². The zero-order valence-electron chi connectivity index (χ0n) is 18.2. The molecule has 0 aliphatic heterocycles. The molecule has 0 radical (unpaired) electrons. The zero-order chi connectivity index (χ0) is 25.8. The molecule has 0 bridgehead atoms. The first-order valence-corrected chi connectivity index (χ1v) is 13.7. The first kappa shape index (κ1) is 25.7. The second-order valence-corrected chi connectivity index (χ2v) is 13.4. The summed E-state index contributed by atoms with van der Waals surface area (Å²) in [6.45, 7) is 3.07. The van der Waals surface area contributed by atoms with Crippen LogP contribution >= 0.6 is 45.2 Å². The number of alkyl halides is 2. The molecule has 4 atom stereocenters. The molecule has 2 N–H and O–H groups in total. The molecule has 15 heteroatoms. The highest BCUT2D eigenvalue weighted by molar-refractivity contribution is 14.1. The van der Waals surface area contributed by atoms with Crippen molar-refractivity contribution in [3.8, 4) is 0 Å². The molecule has 184 valence electrons. The largest absolute Gasteiger partial charge is 0.348 e. The van der Waals surface area contributed by atoms with Crippen LogP contribution in [-0.4, -0.2) is 45.3 Å². The molecule has 2 aromatic rings. The van der Waals surface area contributed by atoms with Crippen molar-refractivity contribution in [2.45, 2.75) is 32.8 Å². The quantitative estimate of drug-likeness (QED) is 0.148. The summed E-state index contributed by atoms with van der Waals surface area (Å²) < 4.78 is 24.0. The van der Waals surface area contributed by atoms with Gasteiger partial charge in [-0.25, -0.2) is 18.4 Å². The minimum Gasteiger partial charge on any atom is -0.348 e. The average molecular weight is 724 g/mol. The van der Waals surface area contributed by atoms with E-state index in [1.807, 2.05) is 0 Å². The SMILES string of the molecule is CC1=C[C@H](c2ncc[nH]2)[C@](I)([N+](=O)[O-])C=C1S(=O)(=O)C1=C[C@@](I)([N+](=O)[O-])[C@@H](c2ncc[nH]2)C=C1C. The maximum Gasteiger partial charge on any atom is 0.302 e. The number of aromatic amines is 2. The van der Waals surface area contributed by atoms with Gasteiger partial charge in [-0.2, -0.15) is 0 Å². The van der Waals surface area contributed by atoms with Gasteiger partial charge in [0.2, 0.25) is 9.84 Å². The van der Waals surface area contributed by atoms with Crippen LogP contribution < -0.4 is 0 Å². The lowest BCUT2D eigenvalue weighted by Crippen LogP contribution is -2.40. The molecule has 0 fully saturated rings. The number of aromatic nitrogens is 4. The number of allylic oxidation sites excluding steroid dienone is 2. The van der Waals surface area contributed by atoms with Gasteiger partial charge in [0.15, 0.2) is 0 Å². The van der Waals surface area contributed by atoms with E-state index in [9.17, 15) is 28.6 Å². The minimum absolute atomic E-state index is 0.274. The molecule has 0 amide bonds. The summed E-state index contributed by atoms with van der Waals surface area (Å²) in [5.74, 6) is -1.07. The number of hydrogen-bond acceptors (Lipinski definition) is 8. The van der Waals surface area contributed by atoms with Crippen molar-refractivity contribution in [2.24, 2.45) is 0 Å². The lowest BCUT2D eigenvalue weighted by atomic mass is 9.91. The molecule has 12 nitrogen and oxygen atoms in total. The predicted molar refractivity (Wildman–Crippen MR) is 143 cm³/mol. The topological polar surface area (TPSA) is 178 Å². The Morgan fingerprint density at radius 2 is 1.23 bits per heavy atom. The number of H-pyrrole nitrogens is 2. The van der Waals surface area contributed by atoms with Gasteiger partial charge in [-0.1, -0.05) is 12.2 Å². The van der Waals surface area contributed by atoms with Gasteiger partial charge in [-0.05, 0) is 25.0 Å². The van der Waals surface area contributed by atoms with Crippen molar-refractivity contribution in [3.05, 3.63) is 102 Å². The number of rotatable bonds is 6. The summed E-state index contributed by atoms with van der Waals surface area (Å²) in [4.78, 5) is 36.5. The molecule has 0 unspecified atom stereocenters. The van der Waals surface area contributed by atoms with Gasteiger partial charge >= 0.3 is 7.09 Å². The Morgan fingerprint density at radius 1 is 0.857 bits per heavy atom. The van der Waals surface area contributed by atoms with Crippen LogP contribution in [0.4, 0.5) is 0 Å². The normalized spacial score (nSPS) is 29.0. The number of hydrogen-bond donors (Lipinski definition) is 2. The first-order chi connectivity index (χ1) is 16.3. The number of sulfone groups is 1. The molecular formula is C20H18I2N6O6S. The highest BCUT2D eigenvalue weighted by atomic mass is 127. The molecule has 2 aliphatic carbocycles. The minimum atomic E-state index is -4.37. The summed E-state index contributed by atoms with van der Waals surface area (Å²) in [6.07, 6.45) is 11.1. The molecule has 2 heterocycles. The Hall–Kier alpha value is -2.41. The zero-order valence-corrected chi connectivity index (χ0v) is 23.3. The van der Waals surface area contributed by atoms with E-state index in [2.05, 4.69) is 19.9 Å². The second kappa shape index (κ2) is 8.91. The fourth-order valence-electron chi connectivity index (χ4n) is 4.14. The van der Waals surface area contributed by atoms with Crippen LogP contribution in [0.3, 0.4) is 0 Å². The third-order valence-corrected chi connectivity index (χ3v) is 10.7. The summed E-state index contributed by atoms with van der Waals surface area (Å²) in [6, 6.07) is 0. The van der Waals surface area contributed by atoms with Gasteiger partial charge < -0.3 is 9.97 Å². The molecule has 0 saturated carbocycles. The fourth-order valence-corrected chi connectivity index (χ4v) is 8.02. The Morgan fingerprint density at radius 3 is 1.51 bits per heavy atom. The van der Waals surface area contributed by atoms with Crippen LogP contribution in [0, 0.1) is 20.2 Å². The molecular weight excluding hydrogens is 706 g/mol. The van der Waals surface area contributed by atoms with Gasteiger partial charge in [0, 0.05) is 92.0 Å². The third-order valence-electron chi connectivity index (χ3n) is 5.92. The van der Waals surface area contributed by atoms with Gasteiger partial charge in [0.05, 0.1) is 9.81 Å². The summed E-state index contributed by atoms with van der Waals surface area (Å²) >= 11 is 3.22. The Balaban J connectivity index is 1.86.